The molecule has 4 aliphatic rings. The molecule has 4 rings (SSSR count). The quantitative estimate of drug-likeness (QED) is 0.609. The Morgan fingerprint density at radius 2 is 1.69 bits per heavy atom. The Hall–Kier alpha value is -0.850. The minimum Gasteiger partial charge on any atom is -0.299 e. The summed E-state index contributed by atoms with van der Waals surface area (Å²) in [6, 6.07) is 0. The van der Waals surface area contributed by atoms with Crippen LogP contribution in [0.4, 0.5) is 0 Å². The van der Waals surface area contributed by atoms with Gasteiger partial charge in [-0.2, -0.15) is 16.8 Å². The summed E-state index contributed by atoms with van der Waals surface area (Å²) in [5, 5.41) is 10.2. The van der Waals surface area contributed by atoms with Gasteiger partial charge in [-0.3, -0.25) is 13.2 Å². The van der Waals surface area contributed by atoms with Gasteiger partial charge in [0, 0.05) is 17.8 Å². The number of ketones is 1. The molecule has 0 aromatic heterocycles. The minimum atomic E-state index is -4.16. The van der Waals surface area contributed by atoms with E-state index in [0.717, 1.165) is 25.7 Å². The molecule has 0 aromatic carbocycles. The zero-order valence-electron chi connectivity index (χ0n) is 16.4. The van der Waals surface area contributed by atoms with Crippen molar-refractivity contribution in [3.05, 3.63) is 11.1 Å². The summed E-state index contributed by atoms with van der Waals surface area (Å²) in [6.45, 7) is 1.87. The Kier molecular flexibility index (Phi) is 5.23. The zero-order chi connectivity index (χ0) is 21.2. The summed E-state index contributed by atoms with van der Waals surface area (Å²) in [6.07, 6.45) is 4.04. The summed E-state index contributed by atoms with van der Waals surface area (Å²) >= 11 is 0. The van der Waals surface area contributed by atoms with E-state index in [0.29, 0.717) is 31.1 Å². The number of carbonyl (C=O) groups excluding carboxylic acids is 1. The second-order valence-corrected chi connectivity index (χ2v) is 11.3. The highest BCUT2D eigenvalue weighted by Gasteiger charge is 2.60. The first-order chi connectivity index (χ1) is 13.4. The van der Waals surface area contributed by atoms with Crippen molar-refractivity contribution in [2.45, 2.75) is 70.5 Å². The fourth-order valence-electron chi connectivity index (χ4n) is 6.57. The maximum Gasteiger partial charge on any atom is 0.333 e. The lowest BCUT2D eigenvalue weighted by molar-refractivity contribution is -0.121. The van der Waals surface area contributed by atoms with Crippen LogP contribution in [0.2, 0.25) is 0 Å². The Bertz CT molecular complexity index is 959. The maximum absolute atomic E-state index is 12.5. The predicted molar refractivity (Wildman–Crippen MR) is 104 cm³/mol. The lowest BCUT2D eigenvalue weighted by Gasteiger charge is -2.43. The van der Waals surface area contributed by atoms with Crippen molar-refractivity contribution in [3.63, 3.8) is 0 Å². The van der Waals surface area contributed by atoms with Crippen LogP contribution in [0, 0.1) is 23.2 Å². The number of Topliss-reactive ketones (excluding diaryl/α,β-unsaturated/α-hetero) is 1. The molecule has 164 valence electrons. The first-order valence-electron chi connectivity index (χ1n) is 10.1. The molecule has 0 bridgehead atoms. The van der Waals surface area contributed by atoms with Crippen molar-refractivity contribution in [2.24, 2.45) is 33.4 Å². The highest BCUT2D eigenvalue weighted by molar-refractivity contribution is 7.84. The Morgan fingerprint density at radius 1 is 1.00 bits per heavy atom. The number of hydrogen-bond acceptors (Lipinski definition) is 7. The van der Waals surface area contributed by atoms with Gasteiger partial charge in [0.05, 0.1) is 12.2 Å². The molecule has 6 atom stereocenters. The second-order valence-electron chi connectivity index (χ2n) is 8.94. The highest BCUT2D eigenvalue weighted by Crippen LogP contribution is 2.63. The molecule has 0 aliphatic heterocycles. The molecule has 0 aromatic rings. The molecule has 2 fully saturated rings. The van der Waals surface area contributed by atoms with Crippen LogP contribution >= 0.6 is 0 Å². The summed E-state index contributed by atoms with van der Waals surface area (Å²) in [5.74, 6) is 0.311. The molecular formula is C18H28N2O7S2. The molecule has 0 amide bonds. The van der Waals surface area contributed by atoms with Crippen molar-refractivity contribution in [2.75, 3.05) is 0 Å². The number of hydrogen-bond donors (Lipinski definition) is 2. The third-order valence-corrected chi connectivity index (χ3v) is 8.68. The summed E-state index contributed by atoms with van der Waals surface area (Å²) in [4.78, 5) is 12.5. The van der Waals surface area contributed by atoms with Crippen molar-refractivity contribution in [1.82, 2.24) is 0 Å². The molecule has 4 N–H and O–H groups in total. The van der Waals surface area contributed by atoms with E-state index in [1.54, 1.807) is 0 Å². The van der Waals surface area contributed by atoms with E-state index < -0.39 is 38.2 Å². The number of carbonyl (C=O) groups is 1. The van der Waals surface area contributed by atoms with Crippen molar-refractivity contribution in [1.29, 1.82) is 0 Å². The molecule has 0 heterocycles. The molecular weight excluding hydrogens is 420 g/mol. The topological polar surface area (TPSA) is 156 Å². The van der Waals surface area contributed by atoms with Crippen LogP contribution in [0.1, 0.15) is 58.3 Å². The van der Waals surface area contributed by atoms with Gasteiger partial charge < -0.3 is 0 Å². The van der Waals surface area contributed by atoms with Gasteiger partial charge >= 0.3 is 20.6 Å². The maximum atomic E-state index is 12.5. The van der Waals surface area contributed by atoms with Crippen LogP contribution in [0.5, 0.6) is 0 Å². The SMILES string of the molecule is C[C@H]1C(=O)CC(OS(N)(=O)=O)C12CCC1=C2CCC2CC(OS(N)(=O)=O)CCC12. The highest BCUT2D eigenvalue weighted by atomic mass is 32.2. The van der Waals surface area contributed by atoms with Gasteiger partial charge in [0.1, 0.15) is 5.78 Å². The van der Waals surface area contributed by atoms with Gasteiger partial charge in [0.25, 0.3) is 0 Å². The van der Waals surface area contributed by atoms with Crippen molar-refractivity contribution < 1.29 is 30.0 Å². The second kappa shape index (κ2) is 7.10. The van der Waals surface area contributed by atoms with Crippen LogP contribution in [0.3, 0.4) is 0 Å². The standard InChI is InChI=1S/C18H28N2O7S2/c1-10-16(21)9-17(27-29(20,24)25)18(10)7-6-14-13-4-3-12(26-28(19,22)23)8-11(13)2-5-15(14)18/h10-13,17H,2-9H2,1H3,(H2,19,22,23)(H2,20,24,25)/t10-,11?,12?,13?,17?,18?/m0/s1. The first-order valence-corrected chi connectivity index (χ1v) is 13.0. The van der Waals surface area contributed by atoms with Gasteiger partial charge in [-0.25, -0.2) is 10.3 Å². The molecule has 4 aliphatic carbocycles. The Labute approximate surface area is 171 Å². The van der Waals surface area contributed by atoms with E-state index in [9.17, 15) is 21.6 Å². The van der Waals surface area contributed by atoms with Crippen LogP contribution in [0.25, 0.3) is 0 Å². The van der Waals surface area contributed by atoms with E-state index >= 15 is 0 Å². The molecule has 11 heteroatoms. The lowest BCUT2D eigenvalue weighted by Crippen LogP contribution is -2.41. The van der Waals surface area contributed by atoms with Gasteiger partial charge in [-0.15, -0.1) is 0 Å². The monoisotopic (exact) mass is 448 g/mol. The normalized spacial score (nSPS) is 40.4. The number of allylic oxidation sites excluding steroid dienone is 1. The molecule has 0 saturated heterocycles. The smallest absolute Gasteiger partial charge is 0.299 e. The molecule has 5 unspecified atom stereocenters. The van der Waals surface area contributed by atoms with Gasteiger partial charge in [0.2, 0.25) is 0 Å². The first kappa shape index (κ1) is 21.4. The van der Waals surface area contributed by atoms with Crippen LogP contribution < -0.4 is 10.3 Å². The molecule has 9 nitrogen and oxygen atoms in total. The van der Waals surface area contributed by atoms with E-state index in [1.165, 1.54) is 11.1 Å². The van der Waals surface area contributed by atoms with E-state index in [-0.39, 0.29) is 18.1 Å². The molecule has 29 heavy (non-hydrogen) atoms. The average Bonchev–Trinajstić information content (AvgIpc) is 3.07. The van der Waals surface area contributed by atoms with Gasteiger partial charge in [0.15, 0.2) is 0 Å². The van der Waals surface area contributed by atoms with Crippen LogP contribution in [-0.4, -0.2) is 34.8 Å². The van der Waals surface area contributed by atoms with Gasteiger partial charge in [-0.1, -0.05) is 18.1 Å². The van der Waals surface area contributed by atoms with Crippen LogP contribution in [0.15, 0.2) is 11.1 Å². The number of nitrogens with two attached hydrogens (primary N) is 2. The summed E-state index contributed by atoms with van der Waals surface area (Å²) < 4.78 is 56.1. The van der Waals surface area contributed by atoms with Gasteiger partial charge in [-0.05, 0) is 56.8 Å². The third kappa shape index (κ3) is 3.81. The van der Waals surface area contributed by atoms with Crippen molar-refractivity contribution >= 4 is 26.4 Å². The van der Waals surface area contributed by atoms with E-state index in [1.807, 2.05) is 6.92 Å². The summed E-state index contributed by atoms with van der Waals surface area (Å²) in [7, 11) is -8.13. The average molecular weight is 449 g/mol. The fraction of sp³-hybridized carbons (Fsp3) is 0.833. The Morgan fingerprint density at radius 3 is 2.34 bits per heavy atom. The van der Waals surface area contributed by atoms with Crippen molar-refractivity contribution in [3.8, 4) is 0 Å². The zero-order valence-corrected chi connectivity index (χ0v) is 18.0. The van der Waals surface area contributed by atoms with E-state index in [2.05, 4.69) is 0 Å². The largest absolute Gasteiger partial charge is 0.333 e. The predicted octanol–water partition coefficient (Wildman–Crippen LogP) is 1.06. The molecule has 1 spiro atoms. The van der Waals surface area contributed by atoms with E-state index in [4.69, 9.17) is 18.6 Å². The summed E-state index contributed by atoms with van der Waals surface area (Å²) in [5.41, 5.74) is 1.88. The fourth-order valence-corrected chi connectivity index (χ4v) is 7.69. The third-order valence-electron chi connectivity index (χ3n) is 7.64. The Balaban J connectivity index is 1.62. The minimum absolute atomic E-state index is 0.0137. The molecule has 2 saturated carbocycles. The van der Waals surface area contributed by atoms with Crippen LogP contribution in [-0.2, 0) is 33.8 Å². The lowest BCUT2D eigenvalue weighted by atomic mass is 9.63. The molecule has 0 radical (unpaired) electrons. The number of fused-ring (bicyclic) bond motifs is 3. The number of rotatable bonds is 4.